The Bertz CT molecular complexity index is 1740. The van der Waals surface area contributed by atoms with Crippen LogP contribution < -0.4 is 14.8 Å². The van der Waals surface area contributed by atoms with Gasteiger partial charge in [0, 0.05) is 31.7 Å². The first-order chi connectivity index (χ1) is 21.9. The summed E-state index contributed by atoms with van der Waals surface area (Å²) in [5.41, 5.74) is 1.76. The molecule has 5 rings (SSSR count). The number of hydrogen-bond acceptors (Lipinski definition) is 9. The van der Waals surface area contributed by atoms with Crippen molar-refractivity contribution in [2.45, 2.75) is 53.2 Å². The van der Waals surface area contributed by atoms with Gasteiger partial charge in [-0.1, -0.05) is 42.5 Å². The van der Waals surface area contributed by atoms with E-state index in [1.54, 1.807) is 54.6 Å². The number of ether oxygens (including phenoxy) is 2. The lowest BCUT2D eigenvalue weighted by Gasteiger charge is -2.38. The number of nitrogens with zero attached hydrogens (tertiary/aromatic N) is 1. The fourth-order valence-electron chi connectivity index (χ4n) is 5.84. The van der Waals surface area contributed by atoms with Crippen LogP contribution in [-0.4, -0.2) is 95.0 Å². The molecule has 1 spiro atoms. The number of nitrogens with one attached hydrogen (secondary N) is 2. The maximum Gasteiger partial charge on any atom is 0.307 e. The van der Waals surface area contributed by atoms with Crippen molar-refractivity contribution in [2.75, 3.05) is 39.9 Å². The second-order valence-corrected chi connectivity index (χ2v) is 15.5. The van der Waals surface area contributed by atoms with Crippen molar-refractivity contribution in [1.82, 2.24) is 14.3 Å². The quantitative estimate of drug-likeness (QED) is 0.211. The Morgan fingerprint density at radius 3 is 2.39 bits per heavy atom. The molecule has 4 N–H and O–H groups in total. The number of carboxylic acids is 1. The highest BCUT2D eigenvalue weighted by atomic mass is 32.2. The van der Waals surface area contributed by atoms with Crippen LogP contribution in [-0.2, 0) is 36.0 Å². The molecule has 0 radical (unpaired) electrons. The van der Waals surface area contributed by atoms with Crippen molar-refractivity contribution in [3.63, 3.8) is 0 Å². The minimum atomic E-state index is -3.74. The molecule has 2 aliphatic heterocycles. The lowest BCUT2D eigenvalue weighted by molar-refractivity contribution is -0.136. The van der Waals surface area contributed by atoms with Gasteiger partial charge in [-0.25, -0.2) is 21.6 Å². The smallest absolute Gasteiger partial charge is 0.307 e. The Labute approximate surface area is 269 Å². The Hall–Kier alpha value is -3.37. The number of carbonyl (C=O) groups is 1. The molecule has 0 aliphatic carbocycles. The summed E-state index contributed by atoms with van der Waals surface area (Å²) in [7, 11) is -6.01. The fourth-order valence-corrected chi connectivity index (χ4v) is 8.09. The second kappa shape index (κ2) is 14.2. The van der Waals surface area contributed by atoms with Crippen molar-refractivity contribution < 1.29 is 41.3 Å². The predicted molar refractivity (Wildman–Crippen MR) is 170 cm³/mol. The average molecular weight is 674 g/mol. The van der Waals surface area contributed by atoms with Crippen molar-refractivity contribution in [3.8, 4) is 16.9 Å². The highest BCUT2D eigenvalue weighted by molar-refractivity contribution is 7.89. The highest BCUT2D eigenvalue weighted by Gasteiger charge is 2.44. The largest absolute Gasteiger partial charge is 0.491 e. The zero-order chi connectivity index (χ0) is 33.0. The van der Waals surface area contributed by atoms with Crippen LogP contribution in [0.2, 0.25) is 0 Å². The van der Waals surface area contributed by atoms with Gasteiger partial charge < -0.3 is 25.0 Å². The first-order valence-corrected chi connectivity index (χ1v) is 17.9. The minimum Gasteiger partial charge on any atom is -0.491 e. The fraction of sp³-hybridized carbons (Fsp3) is 0.406. The van der Waals surface area contributed by atoms with Crippen LogP contribution in [0.1, 0.15) is 24.8 Å². The number of sulfonamides is 2. The summed E-state index contributed by atoms with van der Waals surface area (Å²) in [5, 5.41) is 22.8. The number of aliphatic hydroxyl groups excluding tert-OH is 1. The molecule has 2 saturated heterocycles. The summed E-state index contributed by atoms with van der Waals surface area (Å²) in [6.45, 7) is 1.30. The van der Waals surface area contributed by atoms with E-state index in [0.29, 0.717) is 50.3 Å². The Balaban J connectivity index is 1.10. The van der Waals surface area contributed by atoms with Crippen LogP contribution in [0.4, 0.5) is 0 Å². The zero-order valence-electron chi connectivity index (χ0n) is 25.5. The van der Waals surface area contributed by atoms with E-state index in [2.05, 4.69) is 10.0 Å². The van der Waals surface area contributed by atoms with Crippen LogP contribution >= 0.6 is 0 Å². The van der Waals surface area contributed by atoms with Crippen LogP contribution in [0.3, 0.4) is 0 Å². The first-order valence-electron chi connectivity index (χ1n) is 15.0. The topological polar surface area (TPSA) is 172 Å². The van der Waals surface area contributed by atoms with Crippen molar-refractivity contribution in [2.24, 2.45) is 0 Å². The summed E-state index contributed by atoms with van der Waals surface area (Å²) in [5.74, 6) is -0.580. The van der Waals surface area contributed by atoms with Crippen LogP contribution in [0.25, 0.3) is 11.1 Å². The molecule has 248 valence electrons. The molecular formula is C32H39N3O9S2. The van der Waals surface area contributed by atoms with Gasteiger partial charge in [0.15, 0.2) is 0 Å². The van der Waals surface area contributed by atoms with Gasteiger partial charge in [0.25, 0.3) is 0 Å². The number of aliphatic hydroxyl groups is 1. The van der Waals surface area contributed by atoms with Crippen LogP contribution in [0, 0.1) is 0 Å². The number of rotatable bonds is 13. The molecular weight excluding hydrogens is 634 g/mol. The molecule has 2 atom stereocenters. The number of carboxylic acid groups (broad SMARTS) is 1. The van der Waals surface area contributed by atoms with E-state index >= 15 is 0 Å². The third-order valence-electron chi connectivity index (χ3n) is 8.43. The molecule has 12 nitrogen and oxygen atoms in total. The lowest BCUT2D eigenvalue weighted by atomic mass is 9.88. The third kappa shape index (κ3) is 8.12. The highest BCUT2D eigenvalue weighted by Crippen LogP contribution is 2.37. The van der Waals surface area contributed by atoms with Gasteiger partial charge in [0.2, 0.25) is 20.0 Å². The van der Waals surface area contributed by atoms with Gasteiger partial charge in [-0.2, -0.15) is 4.31 Å². The molecule has 2 heterocycles. The third-order valence-corrected chi connectivity index (χ3v) is 11.7. The lowest BCUT2D eigenvalue weighted by Crippen LogP contribution is -2.47. The normalized spacial score (nSPS) is 19.2. The predicted octanol–water partition coefficient (Wildman–Crippen LogP) is 2.23. The van der Waals surface area contributed by atoms with Crippen molar-refractivity contribution >= 4 is 26.0 Å². The van der Waals surface area contributed by atoms with Crippen molar-refractivity contribution in [3.05, 3.63) is 78.4 Å². The first kappa shape index (κ1) is 34.0. The van der Waals surface area contributed by atoms with E-state index in [4.69, 9.17) is 14.6 Å². The molecule has 2 fully saturated rings. The SMILES string of the molecule is CNS(=O)(=O)c1cccc(OC[C@@H](O)CNC2COC3(CCN(S(=O)(=O)c4cccc(-c5ccc(CC(=O)O)cc5)c4)CC3)C2)c1. The van der Waals surface area contributed by atoms with E-state index in [1.807, 2.05) is 6.07 Å². The van der Waals surface area contributed by atoms with Gasteiger partial charge in [0.1, 0.15) is 18.5 Å². The second-order valence-electron chi connectivity index (χ2n) is 11.6. The Kier molecular flexibility index (Phi) is 10.5. The van der Waals surface area contributed by atoms with E-state index in [-0.39, 0.29) is 35.4 Å². The van der Waals surface area contributed by atoms with Gasteiger partial charge >= 0.3 is 5.97 Å². The maximum absolute atomic E-state index is 13.6. The van der Waals surface area contributed by atoms with E-state index in [1.165, 1.54) is 23.5 Å². The maximum atomic E-state index is 13.6. The number of piperidine rings is 1. The van der Waals surface area contributed by atoms with Gasteiger partial charge in [0.05, 0.1) is 28.4 Å². The molecule has 14 heteroatoms. The number of aliphatic carboxylic acids is 1. The number of hydrogen-bond donors (Lipinski definition) is 4. The molecule has 46 heavy (non-hydrogen) atoms. The molecule has 0 amide bonds. The zero-order valence-corrected chi connectivity index (χ0v) is 27.1. The molecule has 0 bridgehead atoms. The molecule has 1 unspecified atom stereocenters. The Morgan fingerprint density at radius 1 is 1.00 bits per heavy atom. The summed E-state index contributed by atoms with van der Waals surface area (Å²) < 4.78 is 66.7. The Morgan fingerprint density at radius 2 is 1.70 bits per heavy atom. The van der Waals surface area contributed by atoms with E-state index in [0.717, 1.165) is 11.1 Å². The van der Waals surface area contributed by atoms with Gasteiger partial charge in [-0.15, -0.1) is 0 Å². The molecule has 2 aliphatic rings. The standard InChI is InChI=1S/C32H39N3O9S2/c1-33-45(39,40)29-6-3-5-28(18-29)43-22-27(36)20-34-26-19-32(44-21-26)12-14-35(15-13-32)46(41,42)30-7-2-4-25(17-30)24-10-8-23(9-11-24)16-31(37)38/h2-11,17-18,26-27,33-34,36H,12-16,19-22H2,1H3,(H,37,38)/t26?,27-/m0/s1. The summed E-state index contributed by atoms with van der Waals surface area (Å²) >= 11 is 0. The summed E-state index contributed by atoms with van der Waals surface area (Å²) in [6, 6.07) is 19.8. The van der Waals surface area contributed by atoms with E-state index < -0.39 is 37.7 Å². The van der Waals surface area contributed by atoms with Crippen LogP contribution in [0.5, 0.6) is 5.75 Å². The molecule has 0 aromatic heterocycles. The van der Waals surface area contributed by atoms with Crippen molar-refractivity contribution in [1.29, 1.82) is 0 Å². The summed E-state index contributed by atoms with van der Waals surface area (Å²) in [4.78, 5) is 11.2. The van der Waals surface area contributed by atoms with Gasteiger partial charge in [-0.05, 0) is 67.3 Å². The molecule has 3 aromatic rings. The summed E-state index contributed by atoms with van der Waals surface area (Å²) in [6.07, 6.45) is 0.865. The monoisotopic (exact) mass is 673 g/mol. The molecule has 3 aromatic carbocycles. The minimum absolute atomic E-state index is 0.0134. The van der Waals surface area contributed by atoms with Gasteiger partial charge in [-0.3, -0.25) is 4.79 Å². The average Bonchev–Trinajstić information content (AvgIpc) is 3.45. The number of benzene rings is 3. The molecule has 0 saturated carbocycles. The van der Waals surface area contributed by atoms with E-state index in [9.17, 15) is 26.7 Å². The van der Waals surface area contributed by atoms with Crippen LogP contribution in [0.15, 0.2) is 82.6 Å².